The van der Waals surface area contributed by atoms with Crippen molar-refractivity contribution in [2.75, 3.05) is 68.6 Å². The monoisotopic (exact) mass is 457 g/mol. The third kappa shape index (κ3) is 10.3. The van der Waals surface area contributed by atoms with Gasteiger partial charge in [-0.1, -0.05) is 49.6 Å². The molecule has 1 saturated carbocycles. The van der Waals surface area contributed by atoms with Crippen LogP contribution in [0.3, 0.4) is 0 Å². The van der Waals surface area contributed by atoms with Crippen LogP contribution in [0.25, 0.3) is 0 Å². The number of benzene rings is 1. The number of nitrogens with zero attached hydrogens (tertiary/aromatic N) is 3. The largest absolute Gasteiger partial charge is 0.378 e. The summed E-state index contributed by atoms with van der Waals surface area (Å²) < 4.78 is 10.9. The molecule has 0 bridgehead atoms. The van der Waals surface area contributed by atoms with Crippen molar-refractivity contribution in [2.24, 2.45) is 11.7 Å². The Morgan fingerprint density at radius 2 is 1.39 bits per heavy atom. The third-order valence-electron chi connectivity index (χ3n) is 5.61. The summed E-state index contributed by atoms with van der Waals surface area (Å²) in [6, 6.07) is 10.4. The number of aromatic nitrogens is 3. The molecular weight excluding hydrogens is 418 g/mol. The van der Waals surface area contributed by atoms with Gasteiger partial charge in [0, 0.05) is 26.2 Å². The highest BCUT2D eigenvalue weighted by atomic mass is 16.5. The molecule has 1 fully saturated rings. The summed E-state index contributed by atoms with van der Waals surface area (Å²) in [5, 5.41) is 10.0. The van der Waals surface area contributed by atoms with Crippen LogP contribution in [0.2, 0.25) is 0 Å². The molecule has 9 nitrogen and oxygen atoms in total. The van der Waals surface area contributed by atoms with Crippen LogP contribution in [-0.4, -0.2) is 67.6 Å². The van der Waals surface area contributed by atoms with Crippen LogP contribution in [-0.2, 0) is 15.9 Å². The molecule has 33 heavy (non-hydrogen) atoms. The molecule has 2 aromatic rings. The van der Waals surface area contributed by atoms with Crippen LogP contribution >= 0.6 is 0 Å². The number of hydrogen-bond acceptors (Lipinski definition) is 9. The number of nitrogens with one attached hydrogen (secondary N) is 3. The predicted molar refractivity (Wildman–Crippen MR) is 133 cm³/mol. The molecule has 0 saturated heterocycles. The molecule has 5 N–H and O–H groups in total. The molecule has 0 unspecified atom stereocenters. The highest BCUT2D eigenvalue weighted by Gasteiger charge is 2.14. The van der Waals surface area contributed by atoms with Crippen molar-refractivity contribution in [1.29, 1.82) is 0 Å². The van der Waals surface area contributed by atoms with Gasteiger partial charge in [-0.25, -0.2) is 0 Å². The van der Waals surface area contributed by atoms with Crippen molar-refractivity contribution in [3.8, 4) is 0 Å². The van der Waals surface area contributed by atoms with E-state index >= 15 is 0 Å². The van der Waals surface area contributed by atoms with Gasteiger partial charge in [-0.3, -0.25) is 0 Å². The van der Waals surface area contributed by atoms with E-state index in [0.29, 0.717) is 63.3 Å². The van der Waals surface area contributed by atoms with Gasteiger partial charge in [0.1, 0.15) is 0 Å². The zero-order valence-electron chi connectivity index (χ0n) is 19.6. The quantitative estimate of drug-likeness (QED) is 0.282. The molecule has 0 amide bonds. The molecule has 0 aliphatic heterocycles. The first kappa shape index (κ1) is 25.1. The van der Waals surface area contributed by atoms with Crippen molar-refractivity contribution in [1.82, 2.24) is 15.0 Å². The van der Waals surface area contributed by atoms with Gasteiger partial charge in [0.15, 0.2) is 0 Å². The number of nitrogens with two attached hydrogens (primary N) is 1. The molecular formula is C24H39N7O2. The maximum absolute atomic E-state index is 5.57. The van der Waals surface area contributed by atoms with Crippen molar-refractivity contribution in [2.45, 2.75) is 38.5 Å². The Morgan fingerprint density at radius 1 is 0.758 bits per heavy atom. The fourth-order valence-corrected chi connectivity index (χ4v) is 3.84. The van der Waals surface area contributed by atoms with Gasteiger partial charge < -0.3 is 31.2 Å². The SMILES string of the molecule is NCCOCCOCCNc1nc(NCCc2ccccc2)nc(NCC2CCCCC2)n1. The molecule has 182 valence electrons. The lowest BCUT2D eigenvalue weighted by molar-refractivity contribution is 0.0547. The molecule has 3 rings (SSSR count). The van der Waals surface area contributed by atoms with E-state index in [9.17, 15) is 0 Å². The van der Waals surface area contributed by atoms with Crippen molar-refractivity contribution in [3.63, 3.8) is 0 Å². The first-order valence-corrected chi connectivity index (χ1v) is 12.2. The molecule has 1 aromatic carbocycles. The van der Waals surface area contributed by atoms with E-state index in [4.69, 9.17) is 15.2 Å². The van der Waals surface area contributed by atoms with Crippen molar-refractivity contribution >= 4 is 17.8 Å². The Bertz CT molecular complexity index is 773. The average molecular weight is 458 g/mol. The summed E-state index contributed by atoms with van der Waals surface area (Å²) >= 11 is 0. The maximum atomic E-state index is 5.57. The van der Waals surface area contributed by atoms with E-state index in [0.717, 1.165) is 19.5 Å². The van der Waals surface area contributed by atoms with E-state index in [-0.39, 0.29) is 0 Å². The smallest absolute Gasteiger partial charge is 0.229 e. The molecule has 1 aromatic heterocycles. The molecule has 1 heterocycles. The summed E-state index contributed by atoms with van der Waals surface area (Å²) in [6.07, 6.45) is 7.45. The summed E-state index contributed by atoms with van der Waals surface area (Å²) in [5.41, 5.74) is 6.68. The van der Waals surface area contributed by atoms with Gasteiger partial charge in [0.05, 0.1) is 26.4 Å². The third-order valence-corrected chi connectivity index (χ3v) is 5.61. The van der Waals surface area contributed by atoms with E-state index in [1.807, 2.05) is 6.07 Å². The first-order chi connectivity index (χ1) is 16.3. The van der Waals surface area contributed by atoms with Crippen LogP contribution in [0.5, 0.6) is 0 Å². The van der Waals surface area contributed by atoms with Gasteiger partial charge in [-0.2, -0.15) is 15.0 Å². The Morgan fingerprint density at radius 3 is 2.09 bits per heavy atom. The van der Waals surface area contributed by atoms with Gasteiger partial charge in [0.25, 0.3) is 0 Å². The van der Waals surface area contributed by atoms with E-state index in [1.54, 1.807) is 0 Å². The van der Waals surface area contributed by atoms with Crippen LogP contribution in [0.1, 0.15) is 37.7 Å². The summed E-state index contributed by atoms with van der Waals surface area (Å²) in [6.45, 7) is 4.97. The fraction of sp³-hybridized carbons (Fsp3) is 0.625. The summed E-state index contributed by atoms with van der Waals surface area (Å²) in [4.78, 5) is 13.7. The Kier molecular flexibility index (Phi) is 11.7. The number of anilines is 3. The predicted octanol–water partition coefficient (Wildman–Crippen LogP) is 2.92. The summed E-state index contributed by atoms with van der Waals surface area (Å²) in [7, 11) is 0. The van der Waals surface area contributed by atoms with Crippen molar-refractivity contribution < 1.29 is 9.47 Å². The number of rotatable bonds is 16. The maximum Gasteiger partial charge on any atom is 0.229 e. The minimum absolute atomic E-state index is 0.528. The second kappa shape index (κ2) is 15.4. The minimum atomic E-state index is 0.528. The Labute approximate surface area is 197 Å². The molecule has 0 spiro atoms. The van der Waals surface area contributed by atoms with E-state index < -0.39 is 0 Å². The fourth-order valence-electron chi connectivity index (χ4n) is 3.84. The Hall–Kier alpha value is -2.49. The second-order valence-electron chi connectivity index (χ2n) is 8.29. The van der Waals surface area contributed by atoms with Gasteiger partial charge in [-0.15, -0.1) is 0 Å². The van der Waals surface area contributed by atoms with E-state index in [2.05, 4.69) is 55.2 Å². The van der Waals surface area contributed by atoms with Gasteiger partial charge in [-0.05, 0) is 30.7 Å². The second-order valence-corrected chi connectivity index (χ2v) is 8.29. The van der Waals surface area contributed by atoms with Crippen LogP contribution in [0.15, 0.2) is 30.3 Å². The van der Waals surface area contributed by atoms with Gasteiger partial charge >= 0.3 is 0 Å². The number of hydrogen-bond donors (Lipinski definition) is 4. The standard InChI is InChI=1S/C24H39N7O2/c25-12-15-32-17-18-33-16-14-27-23-29-22(26-13-11-20-7-3-1-4-8-20)30-24(31-23)28-19-21-9-5-2-6-10-21/h1,3-4,7-8,21H,2,5-6,9-19,25H2,(H3,26,27,28,29,30,31). The Balaban J connectivity index is 1.49. The summed E-state index contributed by atoms with van der Waals surface area (Å²) in [5.74, 6) is 2.42. The van der Waals surface area contributed by atoms with Crippen LogP contribution in [0.4, 0.5) is 17.8 Å². The molecule has 0 radical (unpaired) electrons. The first-order valence-electron chi connectivity index (χ1n) is 12.2. The zero-order valence-corrected chi connectivity index (χ0v) is 19.6. The topological polar surface area (TPSA) is 119 Å². The molecule has 1 aliphatic rings. The molecule has 1 aliphatic carbocycles. The number of ether oxygens (including phenoxy) is 2. The zero-order chi connectivity index (χ0) is 23.0. The van der Waals surface area contributed by atoms with Gasteiger partial charge in [0.2, 0.25) is 17.8 Å². The highest BCUT2D eigenvalue weighted by molar-refractivity contribution is 5.42. The van der Waals surface area contributed by atoms with Crippen molar-refractivity contribution in [3.05, 3.63) is 35.9 Å². The molecule has 9 heteroatoms. The lowest BCUT2D eigenvalue weighted by Gasteiger charge is -2.21. The highest BCUT2D eigenvalue weighted by Crippen LogP contribution is 2.23. The normalized spacial score (nSPS) is 14.2. The molecule has 0 atom stereocenters. The lowest BCUT2D eigenvalue weighted by Crippen LogP contribution is -2.20. The lowest BCUT2D eigenvalue weighted by atomic mass is 9.89. The van der Waals surface area contributed by atoms with E-state index in [1.165, 1.54) is 37.7 Å². The minimum Gasteiger partial charge on any atom is -0.378 e. The van der Waals surface area contributed by atoms with Crippen LogP contribution < -0.4 is 21.7 Å². The van der Waals surface area contributed by atoms with Crippen LogP contribution in [0, 0.1) is 5.92 Å². The average Bonchev–Trinajstić information content (AvgIpc) is 2.86.